The number of nitrogens with two attached hydrogens (primary N) is 1. The molecule has 4 aliphatic rings. The Balaban J connectivity index is 0.000000166. The highest BCUT2D eigenvalue weighted by atomic mass is 16.5. The second-order valence-electron chi connectivity index (χ2n) is 15.7. The van der Waals surface area contributed by atoms with Gasteiger partial charge in [0, 0.05) is 98.0 Å². The van der Waals surface area contributed by atoms with E-state index in [2.05, 4.69) is 78.1 Å². The molecule has 2 atom stereocenters. The standard InChI is InChI=1S/C23H25N5O2.C23H24N4O3.H3N/c24-22(29)17-7-9-28(15-17)23-19-2-1-8-25-21(19)14-20(26-23)16-3-5-18(6-4-16)27-10-12-30-13-11-27;28-23(29)17-7-9-27(15-17)22-19-2-1-8-24-21(19)14-20(25-22)16-3-5-18(6-4-16)26-10-12-30-13-11-26;/h1-6,8,14,17H,7,9-13,15H2,(H2,24,29);1-6,8,14,17H,7,9-13,15H2,(H,28,29);1H3. The van der Waals surface area contributed by atoms with Crippen molar-refractivity contribution in [3.8, 4) is 22.5 Å². The quantitative estimate of drug-likeness (QED) is 0.170. The van der Waals surface area contributed by atoms with E-state index < -0.39 is 5.97 Å². The molecule has 2 aromatic carbocycles. The second kappa shape index (κ2) is 18.5. The zero-order valence-electron chi connectivity index (χ0n) is 34.2. The second-order valence-corrected chi connectivity index (χ2v) is 15.7. The van der Waals surface area contributed by atoms with Crippen molar-refractivity contribution in [1.82, 2.24) is 26.1 Å². The molecule has 0 bridgehead atoms. The van der Waals surface area contributed by atoms with E-state index in [0.717, 1.165) is 122 Å². The summed E-state index contributed by atoms with van der Waals surface area (Å²) in [5.74, 6) is 0.225. The number of amides is 1. The van der Waals surface area contributed by atoms with Gasteiger partial charge in [-0.15, -0.1) is 0 Å². The number of aliphatic carboxylic acids is 1. The number of hydrogen-bond donors (Lipinski definition) is 3. The van der Waals surface area contributed by atoms with Crippen LogP contribution in [0.1, 0.15) is 12.8 Å². The topological polar surface area (TPSA) is 198 Å². The third-order valence-electron chi connectivity index (χ3n) is 12.0. The van der Waals surface area contributed by atoms with Crippen LogP contribution in [-0.2, 0) is 19.1 Å². The van der Waals surface area contributed by atoms with Crippen molar-refractivity contribution in [2.75, 3.05) is 98.4 Å². The third-order valence-corrected chi connectivity index (χ3v) is 12.0. The molecule has 15 heteroatoms. The van der Waals surface area contributed by atoms with Crippen LogP contribution in [0, 0.1) is 11.8 Å². The molecule has 4 aromatic heterocycles. The minimum absolute atomic E-state index is 0. The highest BCUT2D eigenvalue weighted by Crippen LogP contribution is 2.35. The fourth-order valence-corrected chi connectivity index (χ4v) is 8.56. The lowest BCUT2D eigenvalue weighted by molar-refractivity contribution is -0.140. The first-order valence-electron chi connectivity index (χ1n) is 20.8. The van der Waals surface area contributed by atoms with Gasteiger partial charge in [0.1, 0.15) is 11.6 Å². The number of nitrogens with zero attached hydrogens (tertiary/aromatic N) is 8. The van der Waals surface area contributed by atoms with Crippen LogP contribution in [0.3, 0.4) is 0 Å². The first kappa shape index (κ1) is 41.3. The largest absolute Gasteiger partial charge is 0.481 e. The number of rotatable bonds is 8. The van der Waals surface area contributed by atoms with Gasteiger partial charge in [-0.3, -0.25) is 19.6 Å². The lowest BCUT2D eigenvalue weighted by Gasteiger charge is -2.29. The van der Waals surface area contributed by atoms with Gasteiger partial charge in [-0.05, 0) is 73.5 Å². The molecule has 0 aliphatic carbocycles. The van der Waals surface area contributed by atoms with E-state index in [1.165, 1.54) is 11.4 Å². The number of hydrogen-bond acceptors (Lipinski definition) is 13. The Labute approximate surface area is 354 Å². The summed E-state index contributed by atoms with van der Waals surface area (Å²) in [6.45, 7) is 9.23. The maximum atomic E-state index is 11.6. The fraction of sp³-hybridized carbons (Fsp3) is 0.348. The number of pyridine rings is 4. The molecule has 4 aliphatic heterocycles. The van der Waals surface area contributed by atoms with Crippen LogP contribution in [0.2, 0.25) is 0 Å². The molecule has 6 N–H and O–H groups in total. The molecule has 10 rings (SSSR count). The minimum atomic E-state index is -0.741. The number of fused-ring (bicyclic) bond motifs is 2. The van der Waals surface area contributed by atoms with E-state index in [-0.39, 0.29) is 23.9 Å². The number of aromatic nitrogens is 4. The molecule has 4 saturated heterocycles. The molecule has 316 valence electrons. The summed E-state index contributed by atoms with van der Waals surface area (Å²) in [6.07, 6.45) is 4.98. The van der Waals surface area contributed by atoms with Crippen LogP contribution >= 0.6 is 0 Å². The molecule has 2 unspecified atom stereocenters. The lowest BCUT2D eigenvalue weighted by atomic mass is 10.1. The number of ether oxygens (including phenoxy) is 2. The number of primary amides is 1. The molecule has 0 radical (unpaired) electrons. The SMILES string of the molecule is N.NC(=O)C1CCN(c2nc(-c3ccc(N4CCOCC4)cc3)cc3ncccc23)C1.O=C(O)C1CCN(c2nc(-c3ccc(N4CCOCC4)cc3)cc3ncccc23)C1. The summed E-state index contributed by atoms with van der Waals surface area (Å²) in [7, 11) is 0. The van der Waals surface area contributed by atoms with Gasteiger partial charge in [0.05, 0.1) is 60.7 Å². The first-order valence-corrected chi connectivity index (χ1v) is 20.8. The van der Waals surface area contributed by atoms with Gasteiger partial charge < -0.3 is 46.1 Å². The van der Waals surface area contributed by atoms with E-state index in [4.69, 9.17) is 25.2 Å². The molecule has 4 fully saturated rings. The fourth-order valence-electron chi connectivity index (χ4n) is 8.56. The monoisotopic (exact) mass is 824 g/mol. The Morgan fingerprint density at radius 1 is 0.590 bits per heavy atom. The van der Waals surface area contributed by atoms with E-state index in [1.54, 1.807) is 12.4 Å². The first-order chi connectivity index (χ1) is 29.4. The van der Waals surface area contributed by atoms with Crippen LogP contribution in [0.4, 0.5) is 23.0 Å². The maximum Gasteiger partial charge on any atom is 0.308 e. The van der Waals surface area contributed by atoms with Crippen LogP contribution in [-0.4, -0.2) is 116 Å². The van der Waals surface area contributed by atoms with Crippen LogP contribution < -0.4 is 31.5 Å². The molecule has 8 heterocycles. The Morgan fingerprint density at radius 3 is 1.41 bits per heavy atom. The Morgan fingerprint density at radius 2 is 1.02 bits per heavy atom. The van der Waals surface area contributed by atoms with Crippen LogP contribution in [0.25, 0.3) is 44.3 Å². The summed E-state index contributed by atoms with van der Waals surface area (Å²) in [5, 5.41) is 11.3. The maximum absolute atomic E-state index is 11.6. The van der Waals surface area contributed by atoms with Gasteiger partial charge in [-0.25, -0.2) is 9.97 Å². The number of morpholine rings is 2. The highest BCUT2D eigenvalue weighted by Gasteiger charge is 2.31. The molecule has 6 aromatic rings. The van der Waals surface area contributed by atoms with Gasteiger partial charge in [-0.1, -0.05) is 24.3 Å². The summed E-state index contributed by atoms with van der Waals surface area (Å²) < 4.78 is 10.9. The van der Waals surface area contributed by atoms with E-state index in [9.17, 15) is 14.7 Å². The van der Waals surface area contributed by atoms with E-state index in [1.807, 2.05) is 36.4 Å². The predicted octanol–water partition coefficient (Wildman–Crippen LogP) is 5.65. The van der Waals surface area contributed by atoms with Gasteiger partial charge in [-0.2, -0.15) is 0 Å². The van der Waals surface area contributed by atoms with Gasteiger partial charge in [0.15, 0.2) is 0 Å². The zero-order valence-corrected chi connectivity index (χ0v) is 34.2. The smallest absolute Gasteiger partial charge is 0.308 e. The normalized spacial score (nSPS) is 19.1. The summed E-state index contributed by atoms with van der Waals surface area (Å²) in [4.78, 5) is 51.0. The molecule has 0 saturated carbocycles. The molecular formula is C46H52N10O5. The van der Waals surface area contributed by atoms with Crippen LogP contribution in [0.15, 0.2) is 97.3 Å². The predicted molar refractivity (Wildman–Crippen MR) is 239 cm³/mol. The summed E-state index contributed by atoms with van der Waals surface area (Å²) >= 11 is 0. The number of carboxylic acid groups (broad SMARTS) is 1. The van der Waals surface area contributed by atoms with Gasteiger partial charge >= 0.3 is 5.97 Å². The molecule has 1 amide bonds. The van der Waals surface area contributed by atoms with Crippen molar-refractivity contribution < 1.29 is 24.2 Å². The van der Waals surface area contributed by atoms with E-state index in [0.29, 0.717) is 26.1 Å². The van der Waals surface area contributed by atoms with Crippen molar-refractivity contribution in [3.63, 3.8) is 0 Å². The Bertz CT molecular complexity index is 2300. The molecule has 0 spiro atoms. The number of carboxylic acids is 1. The van der Waals surface area contributed by atoms with Gasteiger partial charge in [0.2, 0.25) is 5.91 Å². The van der Waals surface area contributed by atoms with Crippen molar-refractivity contribution in [1.29, 1.82) is 0 Å². The van der Waals surface area contributed by atoms with Crippen LogP contribution in [0.5, 0.6) is 0 Å². The number of carbonyl (C=O) groups excluding carboxylic acids is 1. The van der Waals surface area contributed by atoms with Crippen molar-refractivity contribution in [2.24, 2.45) is 17.6 Å². The minimum Gasteiger partial charge on any atom is -0.481 e. The van der Waals surface area contributed by atoms with Crippen molar-refractivity contribution in [3.05, 3.63) is 97.3 Å². The summed E-state index contributed by atoms with van der Waals surface area (Å²) in [6, 6.07) is 28.8. The zero-order chi connectivity index (χ0) is 41.0. The number of benzene rings is 2. The van der Waals surface area contributed by atoms with Crippen molar-refractivity contribution in [2.45, 2.75) is 12.8 Å². The average molecular weight is 825 g/mol. The van der Waals surface area contributed by atoms with Gasteiger partial charge in [0.25, 0.3) is 0 Å². The highest BCUT2D eigenvalue weighted by molar-refractivity contribution is 5.94. The third kappa shape index (κ3) is 9.04. The lowest BCUT2D eigenvalue weighted by Crippen LogP contribution is -2.36. The van der Waals surface area contributed by atoms with E-state index >= 15 is 0 Å². The Hall–Kier alpha value is -6.42. The van der Waals surface area contributed by atoms with Crippen molar-refractivity contribution >= 4 is 56.7 Å². The molecule has 61 heavy (non-hydrogen) atoms. The molecule has 15 nitrogen and oxygen atoms in total. The number of carbonyl (C=O) groups is 2. The average Bonchev–Trinajstić information content (AvgIpc) is 4.02. The number of anilines is 4. The molecular weight excluding hydrogens is 773 g/mol. The Kier molecular flexibility index (Phi) is 12.5. The summed E-state index contributed by atoms with van der Waals surface area (Å²) in [5.41, 5.74) is 13.5.